The molecule has 0 aliphatic rings. The predicted octanol–water partition coefficient (Wildman–Crippen LogP) is 1.77. The summed E-state index contributed by atoms with van der Waals surface area (Å²) in [6.07, 6.45) is 2.47. The lowest BCUT2D eigenvalue weighted by Crippen LogP contribution is -2.14. The molecular formula is C12H17N5OS. The van der Waals surface area contributed by atoms with E-state index in [1.807, 2.05) is 6.92 Å². The fourth-order valence-electron chi connectivity index (χ4n) is 1.80. The van der Waals surface area contributed by atoms with Crippen LogP contribution >= 0.6 is 11.5 Å². The van der Waals surface area contributed by atoms with Crippen LogP contribution in [0.4, 0.5) is 0 Å². The molecule has 0 fully saturated rings. The van der Waals surface area contributed by atoms with Crippen molar-refractivity contribution in [3.8, 4) is 0 Å². The fourth-order valence-corrected chi connectivity index (χ4v) is 2.48. The average molecular weight is 279 g/mol. The normalized spacial score (nSPS) is 11.2. The summed E-state index contributed by atoms with van der Waals surface area (Å²) in [5.41, 5.74) is 0.768. The number of hydrogen-bond donors (Lipinski definition) is 0. The van der Waals surface area contributed by atoms with Crippen molar-refractivity contribution in [2.45, 2.75) is 40.2 Å². The first kappa shape index (κ1) is 13.8. The minimum atomic E-state index is 0.0184. The number of hydrogen-bond acceptors (Lipinski definition) is 6. The third kappa shape index (κ3) is 3.23. The van der Waals surface area contributed by atoms with Gasteiger partial charge in [-0.2, -0.15) is 5.10 Å². The van der Waals surface area contributed by atoms with Crippen molar-refractivity contribution < 1.29 is 4.79 Å². The van der Waals surface area contributed by atoms with Gasteiger partial charge in [-0.05, 0) is 23.9 Å². The van der Waals surface area contributed by atoms with Crippen molar-refractivity contribution in [2.75, 3.05) is 0 Å². The van der Waals surface area contributed by atoms with Crippen molar-refractivity contribution in [1.29, 1.82) is 0 Å². The molecule has 0 aliphatic heterocycles. The maximum Gasteiger partial charge on any atom is 0.183 e. The third-order valence-corrected chi connectivity index (χ3v) is 3.51. The molecule has 2 aromatic rings. The molecule has 0 aromatic carbocycles. The molecule has 2 aromatic heterocycles. The van der Waals surface area contributed by atoms with Gasteiger partial charge in [-0.3, -0.25) is 4.79 Å². The van der Waals surface area contributed by atoms with E-state index >= 15 is 0 Å². The van der Waals surface area contributed by atoms with Gasteiger partial charge in [0.05, 0.1) is 12.1 Å². The van der Waals surface area contributed by atoms with Crippen LogP contribution in [0.5, 0.6) is 0 Å². The van der Waals surface area contributed by atoms with E-state index in [1.54, 1.807) is 4.68 Å². The number of aromatic nitrogens is 5. The standard InChI is InChI=1S/C12H17N5OS/c1-4-9-12(19-16-15-9)10(18)5-11-13-7-14-17(11)6-8(2)3/h7-8H,4-6H2,1-3H3. The second kappa shape index (κ2) is 6.01. The van der Waals surface area contributed by atoms with Crippen LogP contribution < -0.4 is 0 Å². The molecule has 0 saturated carbocycles. The second-order valence-corrected chi connectivity index (χ2v) is 5.51. The Kier molecular flexibility index (Phi) is 4.36. The van der Waals surface area contributed by atoms with Gasteiger partial charge in [-0.25, -0.2) is 9.67 Å². The lowest BCUT2D eigenvalue weighted by Gasteiger charge is -2.07. The fraction of sp³-hybridized carbons (Fsp3) is 0.583. The van der Waals surface area contributed by atoms with Gasteiger partial charge < -0.3 is 0 Å². The van der Waals surface area contributed by atoms with E-state index in [0.717, 1.165) is 30.2 Å². The molecule has 102 valence electrons. The molecule has 0 saturated heterocycles. The Bertz CT molecular complexity index is 560. The molecule has 0 spiro atoms. The highest BCUT2D eigenvalue weighted by Gasteiger charge is 2.18. The lowest BCUT2D eigenvalue weighted by molar-refractivity contribution is 0.0992. The number of nitrogens with zero attached hydrogens (tertiary/aromatic N) is 5. The predicted molar refractivity (Wildman–Crippen MR) is 72.2 cm³/mol. The first-order valence-corrected chi connectivity index (χ1v) is 7.10. The lowest BCUT2D eigenvalue weighted by atomic mass is 10.1. The van der Waals surface area contributed by atoms with Crippen LogP contribution in [0.15, 0.2) is 6.33 Å². The Labute approximate surface area is 116 Å². The zero-order valence-corrected chi connectivity index (χ0v) is 12.1. The molecule has 0 radical (unpaired) electrons. The van der Waals surface area contributed by atoms with E-state index in [-0.39, 0.29) is 12.2 Å². The molecule has 0 amide bonds. The summed E-state index contributed by atoms with van der Waals surface area (Å²) in [6.45, 7) is 6.95. The summed E-state index contributed by atoms with van der Waals surface area (Å²) >= 11 is 1.16. The topological polar surface area (TPSA) is 73.6 Å². The van der Waals surface area contributed by atoms with Crippen LogP contribution in [0.1, 0.15) is 42.0 Å². The minimum absolute atomic E-state index is 0.0184. The van der Waals surface area contributed by atoms with E-state index in [4.69, 9.17) is 0 Å². The van der Waals surface area contributed by atoms with Gasteiger partial charge in [0.2, 0.25) is 0 Å². The quantitative estimate of drug-likeness (QED) is 0.753. The molecule has 0 atom stereocenters. The van der Waals surface area contributed by atoms with Gasteiger partial charge >= 0.3 is 0 Å². The van der Waals surface area contributed by atoms with E-state index in [9.17, 15) is 4.79 Å². The maximum atomic E-state index is 12.2. The largest absolute Gasteiger partial charge is 0.293 e. The summed E-state index contributed by atoms with van der Waals surface area (Å²) in [4.78, 5) is 17.0. The molecule has 19 heavy (non-hydrogen) atoms. The summed E-state index contributed by atoms with van der Waals surface area (Å²) in [5, 5.41) is 8.12. The Morgan fingerprint density at radius 2 is 2.26 bits per heavy atom. The molecule has 2 rings (SSSR count). The van der Waals surface area contributed by atoms with Crippen LogP contribution in [0, 0.1) is 5.92 Å². The van der Waals surface area contributed by atoms with Gasteiger partial charge in [0.15, 0.2) is 5.78 Å². The number of carbonyl (C=O) groups excluding carboxylic acids is 1. The molecule has 0 N–H and O–H groups in total. The Morgan fingerprint density at radius 3 is 2.95 bits per heavy atom. The van der Waals surface area contributed by atoms with Crippen molar-refractivity contribution in [3.63, 3.8) is 0 Å². The summed E-state index contributed by atoms with van der Waals surface area (Å²) < 4.78 is 5.64. The number of aryl methyl sites for hydroxylation is 1. The van der Waals surface area contributed by atoms with Crippen molar-refractivity contribution in [3.05, 3.63) is 22.7 Å². The van der Waals surface area contributed by atoms with Gasteiger partial charge in [0.25, 0.3) is 0 Å². The van der Waals surface area contributed by atoms with E-state index in [2.05, 4.69) is 33.5 Å². The number of rotatable bonds is 6. The third-order valence-electron chi connectivity index (χ3n) is 2.70. The summed E-state index contributed by atoms with van der Waals surface area (Å²) in [7, 11) is 0. The smallest absolute Gasteiger partial charge is 0.183 e. The van der Waals surface area contributed by atoms with E-state index in [1.165, 1.54) is 6.33 Å². The van der Waals surface area contributed by atoms with Gasteiger partial charge in [-0.1, -0.05) is 25.3 Å². The monoisotopic (exact) mass is 279 g/mol. The van der Waals surface area contributed by atoms with E-state index < -0.39 is 0 Å². The molecule has 7 heteroatoms. The summed E-state index contributed by atoms with van der Waals surface area (Å²) in [5.74, 6) is 1.19. The molecule has 0 unspecified atom stereocenters. The SMILES string of the molecule is CCc1nnsc1C(=O)Cc1ncnn1CC(C)C. The van der Waals surface area contributed by atoms with Crippen molar-refractivity contribution in [2.24, 2.45) is 5.92 Å². The minimum Gasteiger partial charge on any atom is -0.293 e. The highest BCUT2D eigenvalue weighted by atomic mass is 32.1. The van der Waals surface area contributed by atoms with Gasteiger partial charge in [0, 0.05) is 6.54 Å². The van der Waals surface area contributed by atoms with Crippen molar-refractivity contribution >= 4 is 17.3 Å². The maximum absolute atomic E-state index is 12.2. The van der Waals surface area contributed by atoms with Crippen LogP contribution in [-0.2, 0) is 19.4 Å². The van der Waals surface area contributed by atoms with Crippen LogP contribution in [0.25, 0.3) is 0 Å². The van der Waals surface area contributed by atoms with Gasteiger partial charge in [-0.15, -0.1) is 5.10 Å². The van der Waals surface area contributed by atoms with Crippen LogP contribution in [0.3, 0.4) is 0 Å². The summed E-state index contributed by atoms with van der Waals surface area (Å²) in [6, 6.07) is 0. The van der Waals surface area contributed by atoms with Crippen LogP contribution in [-0.4, -0.2) is 30.1 Å². The molecule has 6 nitrogen and oxygen atoms in total. The van der Waals surface area contributed by atoms with E-state index in [0.29, 0.717) is 16.6 Å². The molecule has 0 aliphatic carbocycles. The zero-order valence-electron chi connectivity index (χ0n) is 11.3. The Balaban J connectivity index is 2.13. The highest BCUT2D eigenvalue weighted by molar-refractivity contribution is 7.08. The second-order valence-electron chi connectivity index (χ2n) is 4.75. The first-order valence-electron chi connectivity index (χ1n) is 6.32. The molecule has 0 bridgehead atoms. The first-order chi connectivity index (χ1) is 9.11. The highest BCUT2D eigenvalue weighted by Crippen LogP contribution is 2.14. The van der Waals surface area contributed by atoms with Gasteiger partial charge in [0.1, 0.15) is 17.0 Å². The Hall–Kier alpha value is -1.63. The number of Topliss-reactive ketones (excluding diaryl/α,β-unsaturated/α-hetero) is 1. The zero-order chi connectivity index (χ0) is 13.8. The number of carbonyl (C=O) groups is 1. The average Bonchev–Trinajstić information content (AvgIpc) is 2.97. The van der Waals surface area contributed by atoms with Crippen LogP contribution in [0.2, 0.25) is 0 Å². The number of ketones is 1. The molecule has 2 heterocycles. The Morgan fingerprint density at radius 1 is 1.47 bits per heavy atom. The van der Waals surface area contributed by atoms with Crippen molar-refractivity contribution in [1.82, 2.24) is 24.4 Å². The molecular weight excluding hydrogens is 262 g/mol.